The van der Waals surface area contributed by atoms with Gasteiger partial charge in [-0.25, -0.2) is 0 Å². The predicted molar refractivity (Wildman–Crippen MR) is 69.8 cm³/mol. The van der Waals surface area contributed by atoms with Crippen molar-refractivity contribution in [2.75, 3.05) is 30.3 Å². The minimum absolute atomic E-state index is 0.00778. The smallest absolute Gasteiger partial charge is 0.315 e. The number of nitrogens with two attached hydrogens (primary N) is 1. The molecule has 0 saturated carbocycles. The number of nitro groups is 1. The normalized spacial score (nSPS) is 20.5. The lowest BCUT2D eigenvalue weighted by Crippen LogP contribution is -2.30. The first-order valence-corrected chi connectivity index (χ1v) is 5.99. The van der Waals surface area contributed by atoms with Crippen molar-refractivity contribution in [2.24, 2.45) is 0 Å². The molecule has 2 rings (SSSR count). The first kappa shape index (κ1) is 12.6. The van der Waals surface area contributed by atoms with Crippen LogP contribution >= 0.6 is 0 Å². The minimum Gasteiger partial charge on any atom is -0.393 e. The fourth-order valence-corrected chi connectivity index (χ4v) is 2.22. The first-order chi connectivity index (χ1) is 8.59. The Bertz CT molecular complexity index is 450. The van der Waals surface area contributed by atoms with Crippen LogP contribution in [0.3, 0.4) is 0 Å². The molecule has 18 heavy (non-hydrogen) atoms. The van der Waals surface area contributed by atoms with Crippen molar-refractivity contribution in [3.8, 4) is 0 Å². The van der Waals surface area contributed by atoms with E-state index in [4.69, 9.17) is 10.5 Å². The van der Waals surface area contributed by atoms with Crippen LogP contribution < -0.4 is 10.6 Å². The molecule has 0 amide bonds. The summed E-state index contributed by atoms with van der Waals surface area (Å²) in [4.78, 5) is 12.7. The molecule has 0 aliphatic carbocycles. The van der Waals surface area contributed by atoms with Crippen LogP contribution in [0, 0.1) is 10.1 Å². The second-order valence-electron chi connectivity index (χ2n) is 4.45. The minimum atomic E-state index is -0.416. The molecule has 0 bridgehead atoms. The van der Waals surface area contributed by atoms with Crippen LogP contribution in [0.4, 0.5) is 17.1 Å². The van der Waals surface area contributed by atoms with E-state index in [0.29, 0.717) is 18.8 Å². The zero-order valence-electron chi connectivity index (χ0n) is 10.3. The summed E-state index contributed by atoms with van der Waals surface area (Å²) in [5.74, 6) is 0. The molecule has 6 nitrogen and oxygen atoms in total. The maximum atomic E-state index is 11.1. The maximum absolute atomic E-state index is 11.1. The van der Waals surface area contributed by atoms with E-state index in [9.17, 15) is 10.1 Å². The number of benzene rings is 1. The number of para-hydroxylation sites is 1. The van der Waals surface area contributed by atoms with Gasteiger partial charge in [0, 0.05) is 19.7 Å². The Morgan fingerprint density at radius 2 is 2.33 bits per heavy atom. The standard InChI is InChI=1S/C12H17N3O3/c1-9-8-14(6-3-7-18-9)11-5-2-4-10(13)12(11)15(16)17/h2,4-5,9H,3,6-8,13H2,1H3. The van der Waals surface area contributed by atoms with Crippen molar-refractivity contribution >= 4 is 17.1 Å². The van der Waals surface area contributed by atoms with Crippen LogP contribution in [-0.4, -0.2) is 30.7 Å². The van der Waals surface area contributed by atoms with E-state index in [1.165, 1.54) is 0 Å². The maximum Gasteiger partial charge on any atom is 0.315 e. The zero-order chi connectivity index (χ0) is 13.1. The van der Waals surface area contributed by atoms with E-state index in [1.54, 1.807) is 18.2 Å². The van der Waals surface area contributed by atoms with Crippen molar-refractivity contribution in [2.45, 2.75) is 19.4 Å². The van der Waals surface area contributed by atoms with Crippen LogP contribution in [-0.2, 0) is 4.74 Å². The number of hydrogen-bond acceptors (Lipinski definition) is 5. The topological polar surface area (TPSA) is 81.6 Å². The summed E-state index contributed by atoms with van der Waals surface area (Å²) in [5.41, 5.74) is 6.48. The molecule has 1 atom stereocenters. The Morgan fingerprint density at radius 3 is 3.06 bits per heavy atom. The molecule has 0 radical (unpaired) electrons. The van der Waals surface area contributed by atoms with Crippen molar-refractivity contribution in [3.05, 3.63) is 28.3 Å². The Kier molecular flexibility index (Phi) is 3.66. The van der Waals surface area contributed by atoms with Gasteiger partial charge in [-0.05, 0) is 25.5 Å². The van der Waals surface area contributed by atoms with Gasteiger partial charge >= 0.3 is 5.69 Å². The number of ether oxygens (including phenoxy) is 1. The highest BCUT2D eigenvalue weighted by molar-refractivity contribution is 5.75. The Labute approximate surface area is 105 Å². The molecule has 2 N–H and O–H groups in total. The Morgan fingerprint density at radius 1 is 1.56 bits per heavy atom. The molecule has 1 aromatic carbocycles. The fraction of sp³-hybridized carbons (Fsp3) is 0.500. The third-order valence-corrected chi connectivity index (χ3v) is 3.02. The van der Waals surface area contributed by atoms with E-state index in [1.807, 2.05) is 11.8 Å². The van der Waals surface area contributed by atoms with Crippen molar-refractivity contribution < 1.29 is 9.66 Å². The summed E-state index contributed by atoms with van der Waals surface area (Å²) in [6.45, 7) is 4.04. The lowest BCUT2D eigenvalue weighted by atomic mass is 10.2. The highest BCUT2D eigenvalue weighted by Crippen LogP contribution is 2.34. The van der Waals surface area contributed by atoms with Crippen LogP contribution in [0.25, 0.3) is 0 Å². The Balaban J connectivity index is 2.37. The molecule has 1 aliphatic rings. The van der Waals surface area contributed by atoms with Crippen LogP contribution in [0.2, 0.25) is 0 Å². The SMILES string of the molecule is CC1CN(c2cccc(N)c2[N+](=O)[O-])CCCO1. The van der Waals surface area contributed by atoms with Crippen LogP contribution in [0.15, 0.2) is 18.2 Å². The van der Waals surface area contributed by atoms with E-state index < -0.39 is 4.92 Å². The van der Waals surface area contributed by atoms with Crippen LogP contribution in [0.5, 0.6) is 0 Å². The summed E-state index contributed by atoms with van der Waals surface area (Å²) in [7, 11) is 0. The van der Waals surface area contributed by atoms with Gasteiger partial charge in [0.25, 0.3) is 0 Å². The van der Waals surface area contributed by atoms with Crippen molar-refractivity contribution in [3.63, 3.8) is 0 Å². The zero-order valence-corrected chi connectivity index (χ0v) is 10.3. The first-order valence-electron chi connectivity index (χ1n) is 5.99. The summed E-state index contributed by atoms with van der Waals surface area (Å²) in [5, 5.41) is 11.1. The molecule has 0 spiro atoms. The van der Waals surface area contributed by atoms with Gasteiger partial charge in [0.05, 0.1) is 11.0 Å². The van der Waals surface area contributed by atoms with Gasteiger partial charge in [0.2, 0.25) is 0 Å². The molecule has 1 saturated heterocycles. The van der Waals surface area contributed by atoms with E-state index in [-0.39, 0.29) is 17.5 Å². The number of hydrogen-bond donors (Lipinski definition) is 1. The summed E-state index contributed by atoms with van der Waals surface area (Å²) < 4.78 is 5.54. The number of nitrogen functional groups attached to an aromatic ring is 1. The van der Waals surface area contributed by atoms with E-state index in [0.717, 1.165) is 13.0 Å². The van der Waals surface area contributed by atoms with Gasteiger partial charge in [0.1, 0.15) is 11.4 Å². The van der Waals surface area contributed by atoms with Gasteiger partial charge in [-0.2, -0.15) is 0 Å². The highest BCUT2D eigenvalue weighted by Gasteiger charge is 2.24. The third-order valence-electron chi connectivity index (χ3n) is 3.02. The molecular weight excluding hydrogens is 234 g/mol. The fourth-order valence-electron chi connectivity index (χ4n) is 2.22. The lowest BCUT2D eigenvalue weighted by molar-refractivity contribution is -0.383. The quantitative estimate of drug-likeness (QED) is 0.492. The van der Waals surface area contributed by atoms with Gasteiger partial charge in [-0.1, -0.05) is 6.07 Å². The highest BCUT2D eigenvalue weighted by atomic mass is 16.6. The molecule has 0 aromatic heterocycles. The molecule has 1 unspecified atom stereocenters. The van der Waals surface area contributed by atoms with Gasteiger partial charge in [0.15, 0.2) is 0 Å². The molecule has 1 aromatic rings. The number of rotatable bonds is 2. The third kappa shape index (κ3) is 2.53. The van der Waals surface area contributed by atoms with Gasteiger partial charge < -0.3 is 15.4 Å². The second-order valence-corrected chi connectivity index (χ2v) is 4.45. The molecule has 98 valence electrons. The lowest BCUT2D eigenvalue weighted by Gasteiger charge is -2.24. The molecule has 1 heterocycles. The van der Waals surface area contributed by atoms with Gasteiger partial charge in [-0.15, -0.1) is 0 Å². The Hall–Kier alpha value is -1.82. The van der Waals surface area contributed by atoms with E-state index >= 15 is 0 Å². The summed E-state index contributed by atoms with van der Waals surface area (Å²) in [6, 6.07) is 5.04. The summed E-state index contributed by atoms with van der Waals surface area (Å²) >= 11 is 0. The largest absolute Gasteiger partial charge is 0.393 e. The number of nitrogens with zero attached hydrogens (tertiary/aromatic N) is 2. The average molecular weight is 251 g/mol. The van der Waals surface area contributed by atoms with Gasteiger partial charge in [-0.3, -0.25) is 10.1 Å². The molecular formula is C12H17N3O3. The van der Waals surface area contributed by atoms with Crippen molar-refractivity contribution in [1.82, 2.24) is 0 Å². The number of anilines is 2. The average Bonchev–Trinajstić information content (AvgIpc) is 2.53. The molecule has 1 fully saturated rings. The summed E-state index contributed by atoms with van der Waals surface area (Å²) in [6.07, 6.45) is 0.921. The van der Waals surface area contributed by atoms with Crippen LogP contribution in [0.1, 0.15) is 13.3 Å². The van der Waals surface area contributed by atoms with E-state index in [2.05, 4.69) is 0 Å². The molecule has 6 heteroatoms. The second kappa shape index (κ2) is 5.22. The monoisotopic (exact) mass is 251 g/mol. The predicted octanol–water partition coefficient (Wildman–Crippen LogP) is 1.79. The number of nitro benzene ring substituents is 1. The van der Waals surface area contributed by atoms with Crippen molar-refractivity contribution in [1.29, 1.82) is 0 Å². The molecule has 1 aliphatic heterocycles.